The first kappa shape index (κ1) is 10.6. The molecule has 0 fully saturated rings. The number of aryl methyl sites for hydroxylation is 1. The van der Waals surface area contributed by atoms with Crippen LogP contribution in [0, 0.1) is 5.41 Å². The number of nitrogens with zero attached hydrogens (tertiary/aromatic N) is 1. The molecule has 2 heteroatoms. The highest BCUT2D eigenvalue weighted by Gasteiger charge is 2.29. The molecule has 3 rings (SSSR count). The number of benzene rings is 1. The zero-order chi connectivity index (χ0) is 11.9. The fraction of sp³-hybridized carbons (Fsp3) is 0.400. The Morgan fingerprint density at radius 1 is 1.18 bits per heavy atom. The molecule has 1 aromatic carbocycles. The molecule has 1 heterocycles. The summed E-state index contributed by atoms with van der Waals surface area (Å²) in [5.41, 5.74) is 5.53. The molecule has 1 aromatic heterocycles. The molecule has 0 spiro atoms. The fourth-order valence-electron chi connectivity index (χ4n) is 2.66. The maximum absolute atomic E-state index is 4.51. The molecule has 0 saturated carbocycles. The van der Waals surface area contributed by atoms with Gasteiger partial charge in [0.25, 0.3) is 0 Å². The lowest BCUT2D eigenvalue weighted by molar-refractivity contribution is 0.314. The summed E-state index contributed by atoms with van der Waals surface area (Å²) in [7, 11) is 0. The van der Waals surface area contributed by atoms with E-state index in [9.17, 15) is 0 Å². The summed E-state index contributed by atoms with van der Waals surface area (Å²) in [6, 6.07) is 10.5. The van der Waals surface area contributed by atoms with E-state index in [-0.39, 0.29) is 0 Å². The van der Waals surface area contributed by atoms with Crippen LogP contribution in [0.5, 0.6) is 0 Å². The summed E-state index contributed by atoms with van der Waals surface area (Å²) in [6.45, 7) is 4.69. The topological polar surface area (TPSA) is 28.7 Å². The molecule has 0 atom stereocenters. The number of aromatic nitrogens is 2. The van der Waals surface area contributed by atoms with Crippen LogP contribution in [0.25, 0.3) is 11.3 Å². The van der Waals surface area contributed by atoms with Crippen LogP contribution >= 0.6 is 0 Å². The van der Waals surface area contributed by atoms with Crippen LogP contribution in [0.15, 0.2) is 30.3 Å². The van der Waals surface area contributed by atoms with Gasteiger partial charge in [-0.3, -0.25) is 5.10 Å². The first-order valence-electron chi connectivity index (χ1n) is 6.27. The van der Waals surface area contributed by atoms with Crippen molar-refractivity contribution in [3.05, 3.63) is 41.6 Å². The van der Waals surface area contributed by atoms with Crippen molar-refractivity contribution >= 4 is 0 Å². The average Bonchev–Trinajstić information content (AvgIpc) is 2.71. The quantitative estimate of drug-likeness (QED) is 0.791. The van der Waals surface area contributed by atoms with E-state index < -0.39 is 0 Å². The van der Waals surface area contributed by atoms with Crippen molar-refractivity contribution in [3.8, 4) is 11.3 Å². The maximum Gasteiger partial charge on any atom is 0.0955 e. The lowest BCUT2D eigenvalue weighted by Crippen LogP contribution is -2.21. The van der Waals surface area contributed by atoms with Crippen LogP contribution in [0.1, 0.15) is 31.5 Å². The van der Waals surface area contributed by atoms with Crippen molar-refractivity contribution in [3.63, 3.8) is 0 Å². The first-order valence-corrected chi connectivity index (χ1v) is 6.27. The highest BCUT2D eigenvalue weighted by molar-refractivity contribution is 5.64. The van der Waals surface area contributed by atoms with Crippen molar-refractivity contribution in [1.29, 1.82) is 0 Å². The minimum absolute atomic E-state index is 0.403. The molecule has 0 radical (unpaired) electrons. The van der Waals surface area contributed by atoms with E-state index in [0.29, 0.717) is 5.41 Å². The van der Waals surface area contributed by atoms with Crippen LogP contribution in [-0.4, -0.2) is 10.2 Å². The summed E-state index contributed by atoms with van der Waals surface area (Å²) in [5, 5.41) is 7.72. The van der Waals surface area contributed by atoms with Crippen molar-refractivity contribution in [1.82, 2.24) is 10.2 Å². The molecular weight excluding hydrogens is 208 g/mol. The van der Waals surface area contributed by atoms with Crippen molar-refractivity contribution in [2.75, 3.05) is 0 Å². The van der Waals surface area contributed by atoms with E-state index >= 15 is 0 Å². The number of fused-ring (bicyclic) bond motifs is 1. The van der Waals surface area contributed by atoms with Gasteiger partial charge in [-0.1, -0.05) is 44.2 Å². The molecule has 1 aliphatic carbocycles. The third-order valence-electron chi connectivity index (χ3n) is 3.71. The van der Waals surface area contributed by atoms with Crippen molar-refractivity contribution in [2.45, 2.75) is 33.1 Å². The van der Waals surface area contributed by atoms with Crippen LogP contribution in [0.3, 0.4) is 0 Å². The maximum atomic E-state index is 4.51. The molecule has 88 valence electrons. The van der Waals surface area contributed by atoms with Gasteiger partial charge in [0.15, 0.2) is 0 Å². The second kappa shape index (κ2) is 3.73. The Morgan fingerprint density at radius 2 is 1.94 bits per heavy atom. The first-order chi connectivity index (χ1) is 8.16. The highest BCUT2D eigenvalue weighted by atomic mass is 15.1. The van der Waals surface area contributed by atoms with Gasteiger partial charge in [0.1, 0.15) is 0 Å². The fourth-order valence-corrected chi connectivity index (χ4v) is 2.66. The van der Waals surface area contributed by atoms with E-state index in [2.05, 4.69) is 48.3 Å². The van der Waals surface area contributed by atoms with Gasteiger partial charge >= 0.3 is 0 Å². The third-order valence-corrected chi connectivity index (χ3v) is 3.71. The van der Waals surface area contributed by atoms with E-state index in [1.54, 1.807) is 0 Å². The lowest BCUT2D eigenvalue weighted by atomic mass is 9.75. The van der Waals surface area contributed by atoms with Gasteiger partial charge in [-0.05, 0) is 24.7 Å². The Hall–Kier alpha value is -1.57. The van der Waals surface area contributed by atoms with Crippen molar-refractivity contribution in [2.24, 2.45) is 5.41 Å². The number of hydrogen-bond acceptors (Lipinski definition) is 1. The molecule has 0 aliphatic heterocycles. The summed E-state index contributed by atoms with van der Waals surface area (Å²) in [6.07, 6.45) is 3.50. The minimum Gasteiger partial charge on any atom is -0.282 e. The average molecular weight is 226 g/mol. The third kappa shape index (κ3) is 1.88. The van der Waals surface area contributed by atoms with Gasteiger partial charge in [-0.25, -0.2) is 0 Å². The zero-order valence-corrected chi connectivity index (χ0v) is 10.5. The Kier molecular flexibility index (Phi) is 2.32. The molecular formula is C15H18N2. The molecule has 0 amide bonds. The highest BCUT2D eigenvalue weighted by Crippen LogP contribution is 2.38. The van der Waals surface area contributed by atoms with E-state index in [0.717, 1.165) is 18.5 Å². The van der Waals surface area contributed by atoms with E-state index in [4.69, 9.17) is 0 Å². The molecule has 1 N–H and O–H groups in total. The summed E-state index contributed by atoms with van der Waals surface area (Å²) in [5.74, 6) is 0. The minimum atomic E-state index is 0.403. The predicted molar refractivity (Wildman–Crippen MR) is 69.8 cm³/mol. The molecule has 2 aromatic rings. The Labute approximate surface area is 102 Å². The van der Waals surface area contributed by atoms with Crippen molar-refractivity contribution < 1.29 is 0 Å². The second-order valence-corrected chi connectivity index (χ2v) is 5.74. The van der Waals surface area contributed by atoms with E-state index in [1.165, 1.54) is 23.2 Å². The smallest absolute Gasteiger partial charge is 0.0955 e. The number of rotatable bonds is 1. The molecule has 0 saturated heterocycles. The number of nitrogens with one attached hydrogen (secondary N) is 1. The Morgan fingerprint density at radius 3 is 2.71 bits per heavy atom. The zero-order valence-electron chi connectivity index (χ0n) is 10.5. The van der Waals surface area contributed by atoms with Gasteiger partial charge in [-0.2, -0.15) is 5.10 Å². The molecule has 0 bridgehead atoms. The van der Waals surface area contributed by atoms with E-state index in [1.807, 2.05) is 6.07 Å². The van der Waals surface area contributed by atoms with Gasteiger partial charge in [0, 0.05) is 16.8 Å². The van der Waals surface area contributed by atoms with Crippen LogP contribution < -0.4 is 0 Å². The summed E-state index contributed by atoms with van der Waals surface area (Å²) < 4.78 is 0. The van der Waals surface area contributed by atoms with Crippen LogP contribution in [0.4, 0.5) is 0 Å². The van der Waals surface area contributed by atoms with Gasteiger partial charge < -0.3 is 0 Å². The Balaban J connectivity index is 2.07. The monoisotopic (exact) mass is 226 g/mol. The largest absolute Gasteiger partial charge is 0.282 e. The Bertz CT molecular complexity index is 523. The predicted octanol–water partition coefficient (Wildman–Crippen LogP) is 3.59. The number of hydrogen-bond donors (Lipinski definition) is 1. The standard InChI is InChI=1S/C15H18N2/c1-15(2)9-8-13-12(10-15)14(17-16-13)11-6-4-3-5-7-11/h3-7H,8-10H2,1-2H3,(H,16,17). The molecule has 1 aliphatic rings. The van der Waals surface area contributed by atoms with Crippen LogP contribution in [-0.2, 0) is 12.8 Å². The SMILES string of the molecule is CC1(C)CCc2[nH]nc(-c3ccccc3)c2C1. The van der Waals surface area contributed by atoms with Crippen LogP contribution in [0.2, 0.25) is 0 Å². The number of aromatic amines is 1. The molecule has 17 heavy (non-hydrogen) atoms. The lowest BCUT2D eigenvalue weighted by Gasteiger charge is -2.29. The molecule has 2 nitrogen and oxygen atoms in total. The van der Waals surface area contributed by atoms with Gasteiger partial charge in [-0.15, -0.1) is 0 Å². The second-order valence-electron chi connectivity index (χ2n) is 5.74. The van der Waals surface area contributed by atoms with Gasteiger partial charge in [0.05, 0.1) is 5.69 Å². The van der Waals surface area contributed by atoms with Gasteiger partial charge in [0.2, 0.25) is 0 Å². The number of H-pyrrole nitrogens is 1. The summed E-state index contributed by atoms with van der Waals surface area (Å²) >= 11 is 0. The summed E-state index contributed by atoms with van der Waals surface area (Å²) in [4.78, 5) is 0. The normalized spacial score (nSPS) is 17.8. The molecule has 0 unspecified atom stereocenters.